The van der Waals surface area contributed by atoms with Crippen molar-refractivity contribution in [3.05, 3.63) is 67.6 Å². The van der Waals surface area contributed by atoms with Crippen LogP contribution >= 0.6 is 0 Å². The molecular weight excluding hydrogens is 478 g/mol. The third-order valence-electron chi connectivity index (χ3n) is 6.92. The summed E-state index contributed by atoms with van der Waals surface area (Å²) in [5, 5.41) is 8.54. The van der Waals surface area contributed by atoms with E-state index < -0.39 is 0 Å². The topological polar surface area (TPSA) is 121 Å². The maximum atomic E-state index is 6.00. The van der Waals surface area contributed by atoms with Crippen molar-refractivity contribution >= 4 is 21.9 Å². The van der Waals surface area contributed by atoms with Gasteiger partial charge in [-0.05, 0) is 44.1 Å². The minimum atomic E-state index is 0.644. The second kappa shape index (κ2) is 9.64. The van der Waals surface area contributed by atoms with Crippen molar-refractivity contribution in [2.75, 3.05) is 26.2 Å². The highest BCUT2D eigenvalue weighted by molar-refractivity contribution is 5.97. The van der Waals surface area contributed by atoms with Gasteiger partial charge in [-0.25, -0.2) is 4.98 Å². The summed E-state index contributed by atoms with van der Waals surface area (Å²) in [5.74, 6) is 1.39. The second-order valence-corrected chi connectivity index (χ2v) is 9.40. The van der Waals surface area contributed by atoms with Gasteiger partial charge in [-0.2, -0.15) is 5.10 Å². The lowest BCUT2D eigenvalue weighted by Crippen LogP contribution is -2.25. The first-order valence-electron chi connectivity index (χ1n) is 12.7. The molecule has 0 saturated carbocycles. The molecule has 0 aromatic carbocycles. The number of aromatic amines is 2. The number of fused-ring (bicyclic) bond motifs is 2. The first-order valence-corrected chi connectivity index (χ1v) is 12.7. The molecule has 1 saturated heterocycles. The number of imidazole rings is 1. The smallest absolute Gasteiger partial charge is 0.159 e. The Morgan fingerprint density at radius 2 is 1.79 bits per heavy atom. The number of hydrogen-bond acceptors (Lipinski definition) is 8. The number of nitrogens with one attached hydrogen (secondary N) is 2. The molecule has 0 aliphatic carbocycles. The Hall–Kier alpha value is -4.70. The van der Waals surface area contributed by atoms with Crippen molar-refractivity contribution in [1.29, 1.82) is 0 Å². The van der Waals surface area contributed by atoms with E-state index in [9.17, 15) is 0 Å². The summed E-state index contributed by atoms with van der Waals surface area (Å²) < 4.78 is 6.00. The van der Waals surface area contributed by atoms with Gasteiger partial charge in [0.2, 0.25) is 0 Å². The fourth-order valence-corrected chi connectivity index (χ4v) is 4.97. The number of pyridine rings is 4. The van der Waals surface area contributed by atoms with Crippen LogP contribution in [-0.2, 0) is 0 Å². The first-order chi connectivity index (χ1) is 18.8. The first kappa shape index (κ1) is 22.5. The largest absolute Gasteiger partial charge is 0.491 e. The van der Waals surface area contributed by atoms with Crippen molar-refractivity contribution in [3.63, 3.8) is 0 Å². The highest BCUT2D eigenvalue weighted by atomic mass is 16.5. The summed E-state index contributed by atoms with van der Waals surface area (Å²) >= 11 is 0. The molecule has 0 bridgehead atoms. The minimum Gasteiger partial charge on any atom is -0.491 e. The lowest BCUT2D eigenvalue weighted by Gasteiger charge is -2.15. The van der Waals surface area contributed by atoms with Crippen molar-refractivity contribution in [2.45, 2.75) is 12.8 Å². The molecule has 0 unspecified atom stereocenters. The van der Waals surface area contributed by atoms with Gasteiger partial charge in [-0.15, -0.1) is 0 Å². The summed E-state index contributed by atoms with van der Waals surface area (Å²) in [5.41, 5.74) is 6.71. The number of likely N-dealkylation sites (tertiary alicyclic amines) is 1. The Kier molecular flexibility index (Phi) is 5.71. The van der Waals surface area contributed by atoms with Gasteiger partial charge in [0.1, 0.15) is 23.6 Å². The molecule has 10 nitrogen and oxygen atoms in total. The average molecular weight is 504 g/mol. The zero-order valence-electron chi connectivity index (χ0n) is 20.6. The van der Waals surface area contributed by atoms with Crippen LogP contribution < -0.4 is 4.74 Å². The summed E-state index contributed by atoms with van der Waals surface area (Å²) in [6, 6.07) is 7.89. The molecule has 1 aliphatic heterocycles. The maximum absolute atomic E-state index is 6.00. The van der Waals surface area contributed by atoms with Crippen molar-refractivity contribution in [1.82, 2.24) is 45.0 Å². The van der Waals surface area contributed by atoms with Crippen LogP contribution in [-0.4, -0.2) is 71.2 Å². The van der Waals surface area contributed by atoms with Crippen LogP contribution in [0.2, 0.25) is 0 Å². The lowest BCUT2D eigenvalue weighted by atomic mass is 10.1. The number of H-pyrrole nitrogens is 2. The van der Waals surface area contributed by atoms with Crippen LogP contribution in [0, 0.1) is 0 Å². The number of nitrogens with zero attached hydrogens (tertiary/aromatic N) is 7. The van der Waals surface area contributed by atoms with Crippen LogP contribution in [0.3, 0.4) is 0 Å². The van der Waals surface area contributed by atoms with Gasteiger partial charge in [0.15, 0.2) is 5.82 Å². The third-order valence-corrected chi connectivity index (χ3v) is 6.92. The van der Waals surface area contributed by atoms with Crippen molar-refractivity contribution in [3.8, 4) is 39.7 Å². The van der Waals surface area contributed by atoms with Gasteiger partial charge in [-0.3, -0.25) is 29.9 Å². The van der Waals surface area contributed by atoms with E-state index in [0.29, 0.717) is 18.1 Å². The molecule has 0 radical (unpaired) electrons. The highest BCUT2D eigenvalue weighted by Crippen LogP contribution is 2.32. The summed E-state index contributed by atoms with van der Waals surface area (Å²) in [6.07, 6.45) is 15.0. The second-order valence-electron chi connectivity index (χ2n) is 9.40. The van der Waals surface area contributed by atoms with Crippen molar-refractivity contribution in [2.24, 2.45) is 0 Å². The van der Waals surface area contributed by atoms with E-state index in [1.54, 1.807) is 31.0 Å². The Morgan fingerprint density at radius 3 is 2.68 bits per heavy atom. The van der Waals surface area contributed by atoms with Crippen LogP contribution in [0.4, 0.5) is 0 Å². The van der Waals surface area contributed by atoms with Crippen LogP contribution in [0.5, 0.6) is 5.75 Å². The van der Waals surface area contributed by atoms with E-state index in [0.717, 1.165) is 69.7 Å². The van der Waals surface area contributed by atoms with E-state index in [4.69, 9.17) is 9.72 Å². The summed E-state index contributed by atoms with van der Waals surface area (Å²) in [6.45, 7) is 3.89. The molecule has 0 spiro atoms. The SMILES string of the molecule is c1cncc(-c2cncc3[nH]c(-c4n[nH]c5cnc(-c6cncc(OCCN7CCCC7)c6)cc45)nc23)c1. The molecule has 0 amide bonds. The fourth-order valence-electron chi connectivity index (χ4n) is 4.97. The molecule has 38 heavy (non-hydrogen) atoms. The minimum absolute atomic E-state index is 0.644. The van der Waals surface area contributed by atoms with Gasteiger partial charge < -0.3 is 9.72 Å². The van der Waals surface area contributed by atoms with Gasteiger partial charge in [-0.1, -0.05) is 6.07 Å². The summed E-state index contributed by atoms with van der Waals surface area (Å²) in [7, 11) is 0. The number of rotatable bonds is 7. The van der Waals surface area contributed by atoms with E-state index in [2.05, 4.69) is 40.0 Å². The lowest BCUT2D eigenvalue weighted by molar-refractivity contribution is 0.237. The molecule has 0 atom stereocenters. The predicted octanol–water partition coefficient (Wildman–Crippen LogP) is 4.49. The quantitative estimate of drug-likeness (QED) is 0.327. The van der Waals surface area contributed by atoms with E-state index in [-0.39, 0.29) is 0 Å². The standard InChI is InChI=1S/C28H25N9O/c1-2-7-37(6-1)8-9-38-20-10-19(13-30-14-20)23-11-21-24(17-32-23)35-36-27(21)28-33-25-16-31-15-22(26(25)34-28)18-4-3-5-29-12-18/h3-5,10-17H,1-2,6-9H2,(H,33,34)(H,35,36). The third kappa shape index (κ3) is 4.24. The van der Waals surface area contributed by atoms with Crippen LogP contribution in [0.25, 0.3) is 55.8 Å². The zero-order chi connectivity index (χ0) is 25.3. The molecule has 6 aromatic heterocycles. The maximum Gasteiger partial charge on any atom is 0.159 e. The van der Waals surface area contributed by atoms with Crippen LogP contribution in [0.15, 0.2) is 67.6 Å². The molecule has 2 N–H and O–H groups in total. The molecule has 1 fully saturated rings. The Labute approximate surface area is 218 Å². The van der Waals surface area contributed by atoms with E-state index in [1.807, 2.05) is 36.7 Å². The monoisotopic (exact) mass is 503 g/mol. The Bertz CT molecular complexity index is 1720. The normalized spacial score (nSPS) is 14.0. The highest BCUT2D eigenvalue weighted by Gasteiger charge is 2.17. The molecule has 1 aliphatic rings. The zero-order valence-corrected chi connectivity index (χ0v) is 20.6. The summed E-state index contributed by atoms with van der Waals surface area (Å²) in [4.78, 5) is 28.4. The van der Waals surface area contributed by atoms with Gasteiger partial charge in [0.05, 0.1) is 35.3 Å². The molecule has 7 heterocycles. The van der Waals surface area contributed by atoms with E-state index >= 15 is 0 Å². The Morgan fingerprint density at radius 1 is 0.895 bits per heavy atom. The molecular formula is C28H25N9O. The van der Waals surface area contributed by atoms with E-state index in [1.165, 1.54) is 12.8 Å². The van der Waals surface area contributed by atoms with Gasteiger partial charge >= 0.3 is 0 Å². The molecule has 10 heteroatoms. The number of hydrogen-bond donors (Lipinski definition) is 2. The fraction of sp³-hybridized carbons (Fsp3) is 0.214. The van der Waals surface area contributed by atoms with Gasteiger partial charge in [0.25, 0.3) is 0 Å². The van der Waals surface area contributed by atoms with Crippen LogP contribution in [0.1, 0.15) is 12.8 Å². The molecule has 7 rings (SSSR count). The number of ether oxygens (including phenoxy) is 1. The van der Waals surface area contributed by atoms with Gasteiger partial charge in [0, 0.05) is 53.4 Å². The molecule has 6 aromatic rings. The average Bonchev–Trinajstić information content (AvgIpc) is 3.73. The Balaban J connectivity index is 1.20. The number of aromatic nitrogens is 8. The predicted molar refractivity (Wildman–Crippen MR) is 144 cm³/mol. The molecule has 188 valence electrons. The van der Waals surface area contributed by atoms with Crippen molar-refractivity contribution < 1.29 is 4.74 Å².